The van der Waals surface area contributed by atoms with Gasteiger partial charge in [-0.1, -0.05) is 18.2 Å². The quantitative estimate of drug-likeness (QED) is 0.688. The van der Waals surface area contributed by atoms with Crippen molar-refractivity contribution in [3.63, 3.8) is 0 Å². The minimum atomic E-state index is 0.725. The summed E-state index contributed by atoms with van der Waals surface area (Å²) in [6.45, 7) is 4.07. The topological polar surface area (TPSA) is 12.4 Å². The number of nitrogens with zero attached hydrogens (tertiary/aromatic N) is 1. The maximum absolute atomic E-state index is 4.22. The van der Waals surface area contributed by atoms with E-state index in [1.807, 2.05) is 32.0 Å². The summed E-state index contributed by atoms with van der Waals surface area (Å²) in [5, 5.41) is 0. The molecule has 0 heterocycles. The highest BCUT2D eigenvalue weighted by atomic mass is 79.9. The summed E-state index contributed by atoms with van der Waals surface area (Å²) < 4.78 is 0.725. The van der Waals surface area contributed by atoms with E-state index in [0.717, 1.165) is 20.2 Å². The molecule has 0 bridgehead atoms. The third-order valence-electron chi connectivity index (χ3n) is 1.69. The minimum absolute atomic E-state index is 0.725. The number of aliphatic imine (C=N–C) groups is 1. The first-order valence-electron chi connectivity index (χ1n) is 3.82. The van der Waals surface area contributed by atoms with Crippen molar-refractivity contribution in [1.29, 1.82) is 0 Å². The van der Waals surface area contributed by atoms with Crippen LogP contribution in [0.5, 0.6) is 0 Å². The normalized spacial score (nSPS) is 9.23. The molecule has 0 fully saturated rings. The maximum Gasteiger partial charge on any atom is 0.121 e. The molecule has 0 N–H and O–H groups in total. The molecule has 0 radical (unpaired) electrons. The van der Waals surface area contributed by atoms with Crippen LogP contribution in [0.25, 0.3) is 0 Å². The zero-order chi connectivity index (χ0) is 9.84. The van der Waals surface area contributed by atoms with Crippen LogP contribution in [-0.2, 0) is 0 Å². The molecular weight excluding hydrogens is 294 g/mol. The molecule has 1 rings (SSSR count). The van der Waals surface area contributed by atoms with Crippen LogP contribution < -0.4 is 0 Å². The number of halogens is 2. The number of para-hydroxylation sites is 1. The second-order valence-corrected chi connectivity index (χ2v) is 5.37. The summed E-state index contributed by atoms with van der Waals surface area (Å²) >= 11 is 6.42. The largest absolute Gasteiger partial charge is 0.204 e. The van der Waals surface area contributed by atoms with E-state index >= 15 is 0 Å². The number of benzene rings is 1. The summed E-state index contributed by atoms with van der Waals surface area (Å²) in [5.41, 5.74) is 3.31. The molecule has 0 spiro atoms. The molecule has 0 saturated carbocycles. The zero-order valence-electron chi connectivity index (χ0n) is 7.44. The smallest absolute Gasteiger partial charge is 0.121 e. The van der Waals surface area contributed by atoms with Crippen LogP contribution in [-0.4, -0.2) is 5.87 Å². The van der Waals surface area contributed by atoms with Gasteiger partial charge in [0.25, 0.3) is 0 Å². The number of hydrogen-bond acceptors (Lipinski definition) is 1. The Morgan fingerprint density at radius 3 is 2.23 bits per heavy atom. The van der Waals surface area contributed by atoms with E-state index in [2.05, 4.69) is 42.7 Å². The molecule has 0 aliphatic carbocycles. The lowest BCUT2D eigenvalue weighted by atomic mass is 10.1. The van der Waals surface area contributed by atoms with Gasteiger partial charge in [-0.15, -0.1) is 0 Å². The van der Waals surface area contributed by atoms with E-state index in [1.54, 1.807) is 0 Å². The monoisotopic (exact) mass is 301 g/mol. The average Bonchev–Trinajstić information content (AvgIpc) is 2.03. The van der Waals surface area contributed by atoms with E-state index in [4.69, 9.17) is 0 Å². The Labute approximate surface area is 94.8 Å². The highest BCUT2D eigenvalue weighted by Crippen LogP contribution is 2.22. The van der Waals surface area contributed by atoms with Gasteiger partial charge in [0.1, 0.15) is 3.39 Å². The molecule has 0 aromatic heterocycles. The van der Waals surface area contributed by atoms with Gasteiger partial charge in [-0.05, 0) is 56.8 Å². The van der Waals surface area contributed by atoms with Gasteiger partial charge >= 0.3 is 0 Å². The Balaban J connectivity index is 3.22. The Morgan fingerprint density at radius 2 is 1.77 bits per heavy atom. The average molecular weight is 303 g/mol. The fraction of sp³-hybridized carbons (Fsp3) is 0.200. The Kier molecular flexibility index (Phi) is 3.91. The first-order valence-corrected chi connectivity index (χ1v) is 5.41. The van der Waals surface area contributed by atoms with Crippen molar-refractivity contribution in [2.75, 3.05) is 0 Å². The Hall–Kier alpha value is -0.370. The van der Waals surface area contributed by atoms with Crippen LogP contribution in [0.2, 0.25) is 0 Å². The zero-order valence-corrected chi connectivity index (χ0v) is 10.6. The van der Waals surface area contributed by atoms with Gasteiger partial charge in [-0.25, -0.2) is 4.99 Å². The molecule has 1 aromatic rings. The Bertz CT molecular complexity index is 352. The predicted molar refractivity (Wildman–Crippen MR) is 64.4 cm³/mol. The maximum atomic E-state index is 4.22. The van der Waals surface area contributed by atoms with Crippen molar-refractivity contribution in [2.24, 2.45) is 4.99 Å². The third-order valence-corrected chi connectivity index (χ3v) is 2.05. The van der Waals surface area contributed by atoms with E-state index < -0.39 is 0 Å². The fourth-order valence-electron chi connectivity index (χ4n) is 1.08. The van der Waals surface area contributed by atoms with Gasteiger partial charge in [0.2, 0.25) is 0 Å². The molecule has 0 atom stereocenters. The third kappa shape index (κ3) is 3.11. The molecule has 0 unspecified atom stereocenters. The van der Waals surface area contributed by atoms with Crippen LogP contribution >= 0.6 is 31.9 Å². The van der Waals surface area contributed by atoms with Gasteiger partial charge in [-0.2, -0.15) is 0 Å². The molecule has 1 aromatic carbocycles. The molecule has 0 aliphatic rings. The van der Waals surface area contributed by atoms with Gasteiger partial charge in [0.05, 0.1) is 5.69 Å². The van der Waals surface area contributed by atoms with Crippen molar-refractivity contribution < 1.29 is 0 Å². The van der Waals surface area contributed by atoms with Gasteiger partial charge in [-0.3, -0.25) is 0 Å². The Morgan fingerprint density at radius 1 is 1.23 bits per heavy atom. The lowest BCUT2D eigenvalue weighted by molar-refractivity contribution is 1.34. The van der Waals surface area contributed by atoms with Crippen molar-refractivity contribution in [3.05, 3.63) is 32.7 Å². The summed E-state index contributed by atoms with van der Waals surface area (Å²) in [5.74, 6) is 2.82. The van der Waals surface area contributed by atoms with Crippen LogP contribution in [0.1, 0.15) is 11.1 Å². The van der Waals surface area contributed by atoms with Crippen LogP contribution in [0, 0.1) is 13.8 Å². The molecule has 1 nitrogen and oxygen atoms in total. The van der Waals surface area contributed by atoms with Crippen molar-refractivity contribution in [1.82, 2.24) is 0 Å². The first kappa shape index (κ1) is 10.7. The summed E-state index contributed by atoms with van der Waals surface area (Å²) in [6.07, 6.45) is 0. The van der Waals surface area contributed by atoms with Gasteiger partial charge in [0, 0.05) is 5.87 Å². The fourth-order valence-corrected chi connectivity index (χ4v) is 1.26. The van der Waals surface area contributed by atoms with Crippen molar-refractivity contribution in [3.8, 4) is 0 Å². The van der Waals surface area contributed by atoms with E-state index in [9.17, 15) is 0 Å². The van der Waals surface area contributed by atoms with Crippen molar-refractivity contribution >= 4 is 43.4 Å². The highest BCUT2D eigenvalue weighted by Gasteiger charge is 1.97. The van der Waals surface area contributed by atoms with Gasteiger partial charge in [0.15, 0.2) is 0 Å². The van der Waals surface area contributed by atoms with Crippen LogP contribution in [0.15, 0.2) is 26.6 Å². The van der Waals surface area contributed by atoms with E-state index in [-0.39, 0.29) is 0 Å². The molecule has 13 heavy (non-hydrogen) atoms. The number of hydrogen-bond donors (Lipinski definition) is 0. The van der Waals surface area contributed by atoms with Gasteiger partial charge < -0.3 is 0 Å². The second-order valence-electron chi connectivity index (χ2n) is 2.72. The van der Waals surface area contributed by atoms with Crippen molar-refractivity contribution in [2.45, 2.75) is 13.8 Å². The summed E-state index contributed by atoms with van der Waals surface area (Å²) in [6, 6.07) is 6.10. The molecule has 68 valence electrons. The SMILES string of the molecule is Cc1cccc(C)c1N=C=C(Br)Br. The number of aryl methyl sites for hydroxylation is 2. The molecule has 0 amide bonds. The minimum Gasteiger partial charge on any atom is -0.204 e. The van der Waals surface area contributed by atoms with E-state index in [0.29, 0.717) is 0 Å². The lowest BCUT2D eigenvalue weighted by Crippen LogP contribution is -1.78. The van der Waals surface area contributed by atoms with Crippen LogP contribution in [0.3, 0.4) is 0 Å². The predicted octanol–water partition coefficient (Wildman–Crippen LogP) is 4.24. The van der Waals surface area contributed by atoms with E-state index in [1.165, 1.54) is 0 Å². The lowest BCUT2D eigenvalue weighted by Gasteiger charge is -2.00. The summed E-state index contributed by atoms with van der Waals surface area (Å²) in [7, 11) is 0. The molecule has 3 heteroatoms. The number of rotatable bonds is 1. The standard InChI is InChI=1S/C10H9Br2N/c1-7-4-3-5-8(2)10(7)13-6-9(11)12/h3-5H,1-2H3. The molecule has 0 saturated heterocycles. The molecular formula is C10H9Br2N. The van der Waals surface area contributed by atoms with Crippen LogP contribution in [0.4, 0.5) is 5.69 Å². The summed E-state index contributed by atoms with van der Waals surface area (Å²) in [4.78, 5) is 4.22. The molecule has 0 aliphatic heterocycles. The second kappa shape index (κ2) is 4.75. The highest BCUT2D eigenvalue weighted by molar-refractivity contribution is 9.28. The first-order chi connectivity index (χ1) is 6.11.